The SMILES string of the molecule is COc1ccc(C(N)=O)c(C2CCCN(C(=O)OC(C)(C)C)C2)c1. The first kappa shape index (κ1) is 18.1. The van der Waals surface area contributed by atoms with Crippen LogP contribution in [0, 0.1) is 0 Å². The van der Waals surface area contributed by atoms with E-state index in [4.69, 9.17) is 15.2 Å². The van der Waals surface area contributed by atoms with Crippen molar-refractivity contribution in [2.75, 3.05) is 20.2 Å². The third-order valence-electron chi connectivity index (χ3n) is 4.04. The number of likely N-dealkylation sites (tertiary alicyclic amines) is 1. The zero-order valence-electron chi connectivity index (χ0n) is 14.8. The van der Waals surface area contributed by atoms with Gasteiger partial charge in [0.1, 0.15) is 11.4 Å². The zero-order valence-corrected chi connectivity index (χ0v) is 14.8. The second-order valence-electron chi connectivity index (χ2n) is 7.08. The third kappa shape index (κ3) is 4.40. The number of amides is 2. The first-order chi connectivity index (χ1) is 11.2. The molecule has 0 aromatic heterocycles. The van der Waals surface area contributed by atoms with Crippen LogP contribution in [0.3, 0.4) is 0 Å². The number of rotatable bonds is 3. The highest BCUT2D eigenvalue weighted by molar-refractivity contribution is 5.94. The molecule has 0 spiro atoms. The van der Waals surface area contributed by atoms with Gasteiger partial charge in [0, 0.05) is 24.6 Å². The Kier molecular flexibility index (Phi) is 5.36. The molecular formula is C18H26N2O4. The Morgan fingerprint density at radius 3 is 2.58 bits per heavy atom. The summed E-state index contributed by atoms with van der Waals surface area (Å²) in [6, 6.07) is 5.24. The van der Waals surface area contributed by atoms with Crippen molar-refractivity contribution >= 4 is 12.0 Å². The summed E-state index contributed by atoms with van der Waals surface area (Å²) in [6.07, 6.45) is 1.40. The summed E-state index contributed by atoms with van der Waals surface area (Å²) >= 11 is 0. The molecule has 1 aliphatic rings. The van der Waals surface area contributed by atoms with Gasteiger partial charge in [-0.25, -0.2) is 4.79 Å². The highest BCUT2D eigenvalue weighted by Crippen LogP contribution is 2.32. The van der Waals surface area contributed by atoms with Crippen molar-refractivity contribution < 1.29 is 19.1 Å². The lowest BCUT2D eigenvalue weighted by atomic mass is 9.87. The van der Waals surface area contributed by atoms with Crippen molar-refractivity contribution in [3.8, 4) is 5.75 Å². The van der Waals surface area contributed by atoms with Crippen LogP contribution in [0.5, 0.6) is 5.75 Å². The van der Waals surface area contributed by atoms with Crippen LogP contribution in [0.2, 0.25) is 0 Å². The van der Waals surface area contributed by atoms with Crippen molar-refractivity contribution in [2.24, 2.45) is 5.73 Å². The summed E-state index contributed by atoms with van der Waals surface area (Å²) < 4.78 is 10.7. The lowest BCUT2D eigenvalue weighted by molar-refractivity contribution is 0.0198. The van der Waals surface area contributed by atoms with Crippen LogP contribution in [-0.2, 0) is 4.74 Å². The molecule has 2 amide bonds. The quantitative estimate of drug-likeness (QED) is 0.921. The van der Waals surface area contributed by atoms with Gasteiger partial charge in [0.15, 0.2) is 0 Å². The molecule has 2 N–H and O–H groups in total. The van der Waals surface area contributed by atoms with Gasteiger partial charge >= 0.3 is 6.09 Å². The molecular weight excluding hydrogens is 308 g/mol. The Morgan fingerprint density at radius 2 is 2.00 bits per heavy atom. The van der Waals surface area contributed by atoms with Crippen LogP contribution in [0.1, 0.15) is 55.5 Å². The van der Waals surface area contributed by atoms with E-state index in [0.29, 0.717) is 24.4 Å². The summed E-state index contributed by atoms with van der Waals surface area (Å²) in [5, 5.41) is 0. The Hall–Kier alpha value is -2.24. The molecule has 24 heavy (non-hydrogen) atoms. The van der Waals surface area contributed by atoms with Crippen molar-refractivity contribution in [3.05, 3.63) is 29.3 Å². The Labute approximate surface area is 142 Å². The normalized spacial score (nSPS) is 18.2. The molecule has 1 heterocycles. The molecule has 1 aliphatic heterocycles. The van der Waals surface area contributed by atoms with Crippen LogP contribution in [-0.4, -0.2) is 42.7 Å². The lowest BCUT2D eigenvalue weighted by Gasteiger charge is -2.34. The fourth-order valence-corrected chi connectivity index (χ4v) is 2.95. The predicted molar refractivity (Wildman–Crippen MR) is 91.3 cm³/mol. The number of hydrogen-bond acceptors (Lipinski definition) is 4. The number of nitrogens with zero attached hydrogens (tertiary/aromatic N) is 1. The number of ether oxygens (including phenoxy) is 2. The highest BCUT2D eigenvalue weighted by Gasteiger charge is 2.30. The van der Waals surface area contributed by atoms with Gasteiger partial charge < -0.3 is 20.1 Å². The Balaban J connectivity index is 2.23. The van der Waals surface area contributed by atoms with E-state index in [2.05, 4.69) is 0 Å². The molecule has 1 aromatic rings. The van der Waals surface area contributed by atoms with Crippen molar-refractivity contribution in [3.63, 3.8) is 0 Å². The number of carbonyl (C=O) groups is 2. The van der Waals surface area contributed by atoms with Gasteiger partial charge in [0.25, 0.3) is 0 Å². The van der Waals surface area contributed by atoms with Crippen LogP contribution >= 0.6 is 0 Å². The fraction of sp³-hybridized carbons (Fsp3) is 0.556. The molecule has 132 valence electrons. The molecule has 1 fully saturated rings. The summed E-state index contributed by atoms with van der Waals surface area (Å²) in [4.78, 5) is 25.8. The number of methoxy groups -OCH3 is 1. The Morgan fingerprint density at radius 1 is 1.29 bits per heavy atom. The van der Waals surface area contributed by atoms with Crippen molar-refractivity contribution in [2.45, 2.75) is 45.1 Å². The third-order valence-corrected chi connectivity index (χ3v) is 4.04. The summed E-state index contributed by atoms with van der Waals surface area (Å²) in [5.41, 5.74) is 6.28. The summed E-state index contributed by atoms with van der Waals surface area (Å²) in [7, 11) is 1.58. The molecule has 1 saturated heterocycles. The first-order valence-electron chi connectivity index (χ1n) is 8.17. The number of carbonyl (C=O) groups excluding carboxylic acids is 2. The standard InChI is InChI=1S/C18H26N2O4/c1-18(2,3)24-17(22)20-9-5-6-12(11-20)15-10-13(23-4)7-8-14(15)16(19)21/h7-8,10,12H,5-6,9,11H2,1-4H3,(H2,19,21). The van der Waals surface area contributed by atoms with E-state index in [1.165, 1.54) is 0 Å². The number of primary amides is 1. The smallest absolute Gasteiger partial charge is 0.410 e. The summed E-state index contributed by atoms with van der Waals surface area (Å²) in [6.45, 7) is 6.70. The van der Waals surface area contributed by atoms with Gasteiger partial charge in [-0.1, -0.05) is 0 Å². The van der Waals surface area contributed by atoms with Gasteiger partial charge in [-0.2, -0.15) is 0 Å². The molecule has 0 bridgehead atoms. The van der Waals surface area contributed by atoms with E-state index in [1.807, 2.05) is 26.8 Å². The highest BCUT2D eigenvalue weighted by atomic mass is 16.6. The maximum Gasteiger partial charge on any atom is 0.410 e. The van der Waals surface area contributed by atoms with Crippen LogP contribution in [0.4, 0.5) is 4.79 Å². The molecule has 1 atom stereocenters. The molecule has 0 saturated carbocycles. The van der Waals surface area contributed by atoms with Crippen LogP contribution < -0.4 is 10.5 Å². The maximum atomic E-state index is 12.3. The predicted octanol–water partition coefficient (Wildman–Crippen LogP) is 2.91. The lowest BCUT2D eigenvalue weighted by Crippen LogP contribution is -2.42. The monoisotopic (exact) mass is 334 g/mol. The number of benzene rings is 1. The minimum absolute atomic E-state index is 0.0314. The van der Waals surface area contributed by atoms with E-state index < -0.39 is 11.5 Å². The molecule has 0 aliphatic carbocycles. The van der Waals surface area contributed by atoms with E-state index >= 15 is 0 Å². The second kappa shape index (κ2) is 7.11. The molecule has 2 rings (SSSR count). The zero-order chi connectivity index (χ0) is 17.9. The average Bonchev–Trinajstić information content (AvgIpc) is 2.52. The fourth-order valence-electron chi connectivity index (χ4n) is 2.95. The second-order valence-corrected chi connectivity index (χ2v) is 7.08. The van der Waals surface area contributed by atoms with E-state index in [0.717, 1.165) is 18.4 Å². The number of nitrogens with two attached hydrogens (primary N) is 1. The van der Waals surface area contributed by atoms with Crippen molar-refractivity contribution in [1.82, 2.24) is 4.90 Å². The summed E-state index contributed by atoms with van der Waals surface area (Å²) in [5.74, 6) is 0.232. The minimum atomic E-state index is -0.529. The minimum Gasteiger partial charge on any atom is -0.497 e. The van der Waals surface area contributed by atoms with Gasteiger partial charge in [-0.3, -0.25) is 4.79 Å². The average molecular weight is 334 g/mol. The van der Waals surface area contributed by atoms with E-state index in [-0.39, 0.29) is 12.0 Å². The van der Waals surface area contributed by atoms with Crippen molar-refractivity contribution in [1.29, 1.82) is 0 Å². The first-order valence-corrected chi connectivity index (χ1v) is 8.17. The van der Waals surface area contributed by atoms with Gasteiger partial charge in [0.2, 0.25) is 5.91 Å². The molecule has 6 heteroatoms. The van der Waals surface area contributed by atoms with Crippen LogP contribution in [0.15, 0.2) is 18.2 Å². The largest absolute Gasteiger partial charge is 0.497 e. The van der Waals surface area contributed by atoms with Crippen LogP contribution in [0.25, 0.3) is 0 Å². The number of hydrogen-bond donors (Lipinski definition) is 1. The maximum absolute atomic E-state index is 12.3. The molecule has 6 nitrogen and oxygen atoms in total. The molecule has 1 unspecified atom stereocenters. The van der Waals surface area contributed by atoms with E-state index in [9.17, 15) is 9.59 Å². The Bertz CT molecular complexity index is 622. The van der Waals surface area contributed by atoms with E-state index in [1.54, 1.807) is 24.1 Å². The van der Waals surface area contributed by atoms with Gasteiger partial charge in [0.05, 0.1) is 7.11 Å². The molecule has 1 aromatic carbocycles. The van der Waals surface area contributed by atoms with Gasteiger partial charge in [-0.15, -0.1) is 0 Å². The number of piperidine rings is 1. The topological polar surface area (TPSA) is 81.9 Å². The van der Waals surface area contributed by atoms with Gasteiger partial charge in [-0.05, 0) is 57.4 Å². The molecule has 0 radical (unpaired) electrons.